The van der Waals surface area contributed by atoms with E-state index in [2.05, 4.69) is 4.98 Å². The van der Waals surface area contributed by atoms with Crippen molar-refractivity contribution in [1.82, 2.24) is 4.98 Å². The Labute approximate surface area is 111 Å². The number of rotatable bonds is 4. The Kier molecular flexibility index (Phi) is 3.66. The molecule has 0 saturated heterocycles. The Balaban J connectivity index is 2.56. The summed E-state index contributed by atoms with van der Waals surface area (Å²) in [6, 6.07) is 4.74. The van der Waals surface area contributed by atoms with Gasteiger partial charge in [0.05, 0.1) is 7.11 Å². The van der Waals surface area contributed by atoms with E-state index in [1.54, 1.807) is 19.4 Å². The smallest absolute Gasteiger partial charge is 0.320 e. The first-order valence-electron chi connectivity index (χ1n) is 5.93. The van der Waals surface area contributed by atoms with E-state index in [9.17, 15) is 4.79 Å². The monoisotopic (exact) mass is 260 g/mol. The quantitative estimate of drug-likeness (QED) is 0.870. The van der Waals surface area contributed by atoms with Crippen molar-refractivity contribution in [1.29, 1.82) is 0 Å². The standard InChI is InChI=1S/C14H16N2O3/c1-8-5-10-9(7-11(15)14(17)18)3-4-16-13(10)12(6-8)19-2/h3-6,11H,7,15H2,1-2H3,(H,17,18). The second-order valence-electron chi connectivity index (χ2n) is 4.48. The van der Waals surface area contributed by atoms with Gasteiger partial charge in [-0.15, -0.1) is 0 Å². The molecular formula is C14H16N2O3. The number of aryl methyl sites for hydroxylation is 1. The SMILES string of the molecule is COc1cc(C)cc2c(CC(N)C(=O)O)ccnc12. The van der Waals surface area contributed by atoms with Gasteiger partial charge >= 0.3 is 5.97 Å². The van der Waals surface area contributed by atoms with Crippen molar-refractivity contribution in [3.63, 3.8) is 0 Å². The summed E-state index contributed by atoms with van der Waals surface area (Å²) in [6.45, 7) is 1.95. The molecule has 0 bridgehead atoms. The topological polar surface area (TPSA) is 85.4 Å². The highest BCUT2D eigenvalue weighted by atomic mass is 16.5. The van der Waals surface area contributed by atoms with Gasteiger partial charge in [0.1, 0.15) is 17.3 Å². The number of nitrogens with two attached hydrogens (primary N) is 1. The van der Waals surface area contributed by atoms with E-state index in [0.717, 1.165) is 22.0 Å². The van der Waals surface area contributed by atoms with E-state index >= 15 is 0 Å². The number of carbonyl (C=O) groups is 1. The summed E-state index contributed by atoms with van der Waals surface area (Å²) in [6.07, 6.45) is 1.91. The summed E-state index contributed by atoms with van der Waals surface area (Å²) in [5.41, 5.74) is 8.22. The molecule has 0 radical (unpaired) electrons. The summed E-state index contributed by atoms with van der Waals surface area (Å²) >= 11 is 0. The van der Waals surface area contributed by atoms with Gasteiger partial charge in [-0.05, 0) is 42.7 Å². The molecule has 5 heteroatoms. The normalized spacial score (nSPS) is 12.4. The van der Waals surface area contributed by atoms with Crippen LogP contribution in [0.2, 0.25) is 0 Å². The van der Waals surface area contributed by atoms with Crippen molar-refractivity contribution in [2.75, 3.05) is 7.11 Å². The van der Waals surface area contributed by atoms with Gasteiger partial charge in [0.25, 0.3) is 0 Å². The van der Waals surface area contributed by atoms with Crippen LogP contribution in [0.3, 0.4) is 0 Å². The predicted molar refractivity (Wildman–Crippen MR) is 72.3 cm³/mol. The molecule has 1 unspecified atom stereocenters. The van der Waals surface area contributed by atoms with E-state index in [4.69, 9.17) is 15.6 Å². The molecule has 0 fully saturated rings. The Hall–Kier alpha value is -2.14. The number of pyridine rings is 1. The van der Waals surface area contributed by atoms with Crippen molar-refractivity contribution in [3.05, 3.63) is 35.5 Å². The summed E-state index contributed by atoms with van der Waals surface area (Å²) < 4.78 is 5.31. The fraction of sp³-hybridized carbons (Fsp3) is 0.286. The largest absolute Gasteiger partial charge is 0.494 e. The molecule has 0 spiro atoms. The minimum Gasteiger partial charge on any atom is -0.494 e. The molecule has 1 atom stereocenters. The molecule has 19 heavy (non-hydrogen) atoms. The van der Waals surface area contributed by atoms with Crippen LogP contribution in [-0.4, -0.2) is 29.2 Å². The molecule has 1 heterocycles. The first-order chi connectivity index (χ1) is 9.02. The van der Waals surface area contributed by atoms with Gasteiger partial charge in [-0.3, -0.25) is 9.78 Å². The number of carboxylic acid groups (broad SMARTS) is 1. The average molecular weight is 260 g/mol. The number of hydrogen-bond donors (Lipinski definition) is 2. The lowest BCUT2D eigenvalue weighted by molar-refractivity contribution is -0.138. The number of aromatic nitrogens is 1. The molecule has 3 N–H and O–H groups in total. The molecule has 0 amide bonds. The number of hydrogen-bond acceptors (Lipinski definition) is 4. The second kappa shape index (κ2) is 5.24. The van der Waals surface area contributed by atoms with Crippen LogP contribution in [0.5, 0.6) is 5.75 Å². The number of aliphatic carboxylic acids is 1. The first kappa shape index (κ1) is 13.3. The lowest BCUT2D eigenvalue weighted by Crippen LogP contribution is -2.32. The third-order valence-electron chi connectivity index (χ3n) is 3.02. The molecule has 5 nitrogen and oxygen atoms in total. The second-order valence-corrected chi connectivity index (χ2v) is 4.48. The van der Waals surface area contributed by atoms with Crippen molar-refractivity contribution in [3.8, 4) is 5.75 Å². The van der Waals surface area contributed by atoms with Crippen LogP contribution in [0, 0.1) is 6.92 Å². The minimum absolute atomic E-state index is 0.265. The third kappa shape index (κ3) is 2.66. The first-order valence-corrected chi connectivity index (χ1v) is 5.93. The van der Waals surface area contributed by atoms with Crippen LogP contribution in [0.4, 0.5) is 0 Å². The summed E-state index contributed by atoms with van der Waals surface area (Å²) in [4.78, 5) is 15.2. The van der Waals surface area contributed by atoms with Crippen LogP contribution >= 0.6 is 0 Å². The van der Waals surface area contributed by atoms with Crippen molar-refractivity contribution in [2.45, 2.75) is 19.4 Å². The fourth-order valence-electron chi connectivity index (χ4n) is 2.07. The molecule has 2 rings (SSSR count). The highest BCUT2D eigenvalue weighted by Gasteiger charge is 2.15. The van der Waals surface area contributed by atoms with E-state index in [0.29, 0.717) is 5.75 Å². The van der Waals surface area contributed by atoms with E-state index in [-0.39, 0.29) is 6.42 Å². The van der Waals surface area contributed by atoms with Crippen molar-refractivity contribution in [2.24, 2.45) is 5.73 Å². The van der Waals surface area contributed by atoms with Gasteiger partial charge in [-0.1, -0.05) is 0 Å². The Morgan fingerprint density at radius 3 is 2.89 bits per heavy atom. The van der Waals surface area contributed by atoms with Gasteiger partial charge in [0.15, 0.2) is 0 Å². The molecule has 1 aromatic carbocycles. The van der Waals surface area contributed by atoms with Gasteiger partial charge in [-0.25, -0.2) is 0 Å². The number of nitrogens with zero attached hydrogens (tertiary/aromatic N) is 1. The summed E-state index contributed by atoms with van der Waals surface area (Å²) in [5.74, 6) is -0.328. The van der Waals surface area contributed by atoms with Gasteiger partial charge < -0.3 is 15.6 Å². The average Bonchev–Trinajstić information content (AvgIpc) is 2.38. The zero-order chi connectivity index (χ0) is 14.0. The number of ether oxygens (including phenoxy) is 1. The lowest BCUT2D eigenvalue weighted by atomic mass is 10.0. The minimum atomic E-state index is -1.01. The van der Waals surface area contributed by atoms with Crippen molar-refractivity contribution >= 4 is 16.9 Å². The summed E-state index contributed by atoms with van der Waals surface area (Å²) in [7, 11) is 1.59. The van der Waals surface area contributed by atoms with Crippen LogP contribution in [0.25, 0.3) is 10.9 Å². The van der Waals surface area contributed by atoms with Crippen LogP contribution in [0.15, 0.2) is 24.4 Å². The molecule has 2 aromatic rings. The Morgan fingerprint density at radius 1 is 1.53 bits per heavy atom. The maximum atomic E-state index is 10.9. The molecular weight excluding hydrogens is 244 g/mol. The molecule has 0 aliphatic rings. The molecule has 0 aliphatic heterocycles. The molecule has 0 aliphatic carbocycles. The molecule has 0 saturated carbocycles. The van der Waals surface area contributed by atoms with E-state index in [1.807, 2.05) is 19.1 Å². The number of methoxy groups -OCH3 is 1. The highest BCUT2D eigenvalue weighted by molar-refractivity contribution is 5.88. The van der Waals surface area contributed by atoms with Gasteiger partial charge in [0, 0.05) is 11.6 Å². The number of fused-ring (bicyclic) bond motifs is 1. The Morgan fingerprint density at radius 2 is 2.26 bits per heavy atom. The highest BCUT2D eigenvalue weighted by Crippen LogP contribution is 2.28. The predicted octanol–water partition coefficient (Wildman–Crippen LogP) is 1.51. The van der Waals surface area contributed by atoms with Gasteiger partial charge in [-0.2, -0.15) is 0 Å². The lowest BCUT2D eigenvalue weighted by Gasteiger charge is -2.12. The maximum Gasteiger partial charge on any atom is 0.320 e. The number of carboxylic acids is 1. The zero-order valence-corrected chi connectivity index (χ0v) is 10.9. The fourth-order valence-corrected chi connectivity index (χ4v) is 2.07. The van der Waals surface area contributed by atoms with E-state index < -0.39 is 12.0 Å². The van der Waals surface area contributed by atoms with Gasteiger partial charge in [0.2, 0.25) is 0 Å². The molecule has 100 valence electrons. The third-order valence-corrected chi connectivity index (χ3v) is 3.02. The van der Waals surface area contributed by atoms with Crippen LogP contribution < -0.4 is 10.5 Å². The number of benzene rings is 1. The zero-order valence-electron chi connectivity index (χ0n) is 10.9. The van der Waals surface area contributed by atoms with Crippen LogP contribution in [0.1, 0.15) is 11.1 Å². The maximum absolute atomic E-state index is 10.9. The van der Waals surface area contributed by atoms with Crippen LogP contribution in [-0.2, 0) is 11.2 Å². The van der Waals surface area contributed by atoms with Crippen molar-refractivity contribution < 1.29 is 14.6 Å². The van der Waals surface area contributed by atoms with E-state index in [1.165, 1.54) is 0 Å². The summed E-state index contributed by atoms with van der Waals surface area (Å²) in [5, 5.41) is 9.79. The Bertz CT molecular complexity index is 625. The molecule has 1 aromatic heterocycles.